The third-order valence-electron chi connectivity index (χ3n) is 3.10. The smallest absolute Gasteiger partial charge is 0.220 e. The van der Waals surface area contributed by atoms with Crippen LogP contribution in [0.2, 0.25) is 0 Å². The highest BCUT2D eigenvalue weighted by atomic mass is 32.2. The topological polar surface area (TPSA) is 17.1 Å². The Morgan fingerprint density at radius 3 is 2.81 bits per heavy atom. The summed E-state index contributed by atoms with van der Waals surface area (Å²) < 4.78 is 0. The highest BCUT2D eigenvalue weighted by Crippen LogP contribution is 2.44. The molecule has 0 aromatic heterocycles. The third kappa shape index (κ3) is 2.49. The van der Waals surface area contributed by atoms with E-state index in [0.29, 0.717) is 5.25 Å². The number of unbranched alkanes of at least 4 members (excludes halogenated alkanes) is 3. The molecule has 0 saturated heterocycles. The maximum Gasteiger partial charge on any atom is 0.220 e. The summed E-state index contributed by atoms with van der Waals surface area (Å²) in [6.45, 7) is 2.23. The van der Waals surface area contributed by atoms with Crippen LogP contribution in [-0.2, 0) is 0 Å². The van der Waals surface area contributed by atoms with Crippen molar-refractivity contribution in [3.8, 4) is 0 Å². The molecule has 0 radical (unpaired) electrons. The molecule has 0 fully saturated rings. The standard InChI is InChI=1S/C14H18OS/c1-2-3-4-5-10-13-11-8-6-7-9-12(11)14(15)16-13/h6-9,13H,2-5,10H2,1H3. The fourth-order valence-electron chi connectivity index (χ4n) is 2.19. The van der Waals surface area contributed by atoms with E-state index < -0.39 is 0 Å². The Morgan fingerprint density at radius 1 is 1.19 bits per heavy atom. The molecule has 1 heterocycles. The first-order chi connectivity index (χ1) is 7.83. The second kappa shape index (κ2) is 5.53. The van der Waals surface area contributed by atoms with E-state index in [-0.39, 0.29) is 5.12 Å². The van der Waals surface area contributed by atoms with Crippen molar-refractivity contribution in [1.29, 1.82) is 0 Å². The van der Waals surface area contributed by atoms with Crippen molar-refractivity contribution in [3.63, 3.8) is 0 Å². The Kier molecular flexibility index (Phi) is 4.05. The van der Waals surface area contributed by atoms with Crippen LogP contribution in [0.15, 0.2) is 24.3 Å². The first kappa shape index (κ1) is 11.7. The molecule has 1 aliphatic rings. The van der Waals surface area contributed by atoms with Crippen LogP contribution in [0, 0.1) is 0 Å². The predicted molar refractivity (Wildman–Crippen MR) is 69.9 cm³/mol. The number of fused-ring (bicyclic) bond motifs is 1. The summed E-state index contributed by atoms with van der Waals surface area (Å²) in [4.78, 5) is 11.7. The normalized spacial score (nSPS) is 18.8. The van der Waals surface area contributed by atoms with E-state index in [4.69, 9.17) is 0 Å². The van der Waals surface area contributed by atoms with Crippen molar-refractivity contribution in [1.82, 2.24) is 0 Å². The summed E-state index contributed by atoms with van der Waals surface area (Å²) in [7, 11) is 0. The molecule has 1 nitrogen and oxygen atoms in total. The zero-order valence-corrected chi connectivity index (χ0v) is 10.6. The predicted octanol–water partition coefficient (Wildman–Crippen LogP) is 4.59. The minimum Gasteiger partial charge on any atom is -0.282 e. The van der Waals surface area contributed by atoms with E-state index in [0.717, 1.165) is 12.0 Å². The summed E-state index contributed by atoms with van der Waals surface area (Å²) in [6.07, 6.45) is 6.27. The second-order valence-electron chi connectivity index (χ2n) is 4.33. The van der Waals surface area contributed by atoms with Crippen LogP contribution in [0.25, 0.3) is 0 Å². The van der Waals surface area contributed by atoms with Gasteiger partial charge in [-0.2, -0.15) is 0 Å². The highest BCUT2D eigenvalue weighted by molar-refractivity contribution is 8.14. The Balaban J connectivity index is 1.96. The van der Waals surface area contributed by atoms with Gasteiger partial charge in [0.1, 0.15) is 0 Å². The Hall–Kier alpha value is -0.760. The molecule has 1 atom stereocenters. The molecule has 1 aromatic rings. The lowest BCUT2D eigenvalue weighted by Crippen LogP contribution is -1.90. The van der Waals surface area contributed by atoms with Crippen molar-refractivity contribution < 1.29 is 4.79 Å². The van der Waals surface area contributed by atoms with Gasteiger partial charge in [-0.25, -0.2) is 0 Å². The molecule has 0 saturated carbocycles. The molecule has 0 bridgehead atoms. The van der Waals surface area contributed by atoms with E-state index in [9.17, 15) is 4.79 Å². The molecule has 86 valence electrons. The van der Waals surface area contributed by atoms with E-state index in [1.165, 1.54) is 43.0 Å². The van der Waals surface area contributed by atoms with Gasteiger partial charge in [0.2, 0.25) is 5.12 Å². The van der Waals surface area contributed by atoms with Gasteiger partial charge < -0.3 is 0 Å². The summed E-state index contributed by atoms with van der Waals surface area (Å²) >= 11 is 1.51. The summed E-state index contributed by atoms with van der Waals surface area (Å²) in [6, 6.07) is 8.06. The quantitative estimate of drug-likeness (QED) is 0.693. The Bertz CT molecular complexity index is 373. The first-order valence-electron chi connectivity index (χ1n) is 6.13. The molecule has 16 heavy (non-hydrogen) atoms. The molecule has 0 spiro atoms. The van der Waals surface area contributed by atoms with Crippen molar-refractivity contribution in [3.05, 3.63) is 35.4 Å². The fraction of sp³-hybridized carbons (Fsp3) is 0.500. The van der Waals surface area contributed by atoms with Crippen molar-refractivity contribution in [2.45, 2.75) is 44.3 Å². The van der Waals surface area contributed by atoms with Crippen LogP contribution < -0.4 is 0 Å². The van der Waals surface area contributed by atoms with Crippen LogP contribution >= 0.6 is 11.8 Å². The number of hydrogen-bond donors (Lipinski definition) is 0. The van der Waals surface area contributed by atoms with E-state index in [1.54, 1.807) is 0 Å². The lowest BCUT2D eigenvalue weighted by Gasteiger charge is -2.08. The van der Waals surface area contributed by atoms with Gasteiger partial charge in [-0.15, -0.1) is 0 Å². The van der Waals surface area contributed by atoms with Gasteiger partial charge in [-0.3, -0.25) is 4.79 Å². The number of benzene rings is 1. The largest absolute Gasteiger partial charge is 0.282 e. The summed E-state index contributed by atoms with van der Waals surface area (Å²) in [5.74, 6) is 0. The first-order valence-corrected chi connectivity index (χ1v) is 7.00. The monoisotopic (exact) mass is 234 g/mol. The molecule has 0 aliphatic carbocycles. The van der Waals surface area contributed by atoms with Crippen LogP contribution in [0.4, 0.5) is 0 Å². The van der Waals surface area contributed by atoms with Gasteiger partial charge in [0.05, 0.1) is 0 Å². The average molecular weight is 234 g/mol. The second-order valence-corrected chi connectivity index (χ2v) is 5.51. The fourth-order valence-corrected chi connectivity index (χ4v) is 3.38. The average Bonchev–Trinajstić information content (AvgIpc) is 2.63. The summed E-state index contributed by atoms with van der Waals surface area (Å²) in [5.41, 5.74) is 2.20. The molecular formula is C14H18OS. The zero-order valence-electron chi connectivity index (χ0n) is 9.74. The van der Waals surface area contributed by atoms with Crippen molar-refractivity contribution in [2.24, 2.45) is 0 Å². The number of thioether (sulfide) groups is 1. The van der Waals surface area contributed by atoms with Crippen LogP contribution in [0.1, 0.15) is 60.2 Å². The Labute approximate surface area is 102 Å². The maximum atomic E-state index is 11.7. The molecule has 1 unspecified atom stereocenters. The van der Waals surface area contributed by atoms with Gasteiger partial charge in [0, 0.05) is 10.8 Å². The molecule has 2 rings (SSSR count). The minimum absolute atomic E-state index is 0.260. The molecule has 0 N–H and O–H groups in total. The Morgan fingerprint density at radius 2 is 2.00 bits per heavy atom. The van der Waals surface area contributed by atoms with Gasteiger partial charge in [0.15, 0.2) is 0 Å². The number of carbonyl (C=O) groups is 1. The number of rotatable bonds is 5. The maximum absolute atomic E-state index is 11.7. The SMILES string of the molecule is CCCCCCC1SC(=O)c2ccccc21. The van der Waals surface area contributed by atoms with Gasteiger partial charge in [-0.1, -0.05) is 68.6 Å². The third-order valence-corrected chi connectivity index (χ3v) is 4.30. The van der Waals surface area contributed by atoms with Crippen LogP contribution in [-0.4, -0.2) is 5.12 Å². The van der Waals surface area contributed by atoms with E-state index >= 15 is 0 Å². The van der Waals surface area contributed by atoms with Gasteiger partial charge >= 0.3 is 0 Å². The van der Waals surface area contributed by atoms with Crippen molar-refractivity contribution >= 4 is 16.9 Å². The van der Waals surface area contributed by atoms with E-state index in [1.807, 2.05) is 18.2 Å². The molecule has 2 heteroatoms. The summed E-state index contributed by atoms with van der Waals surface area (Å²) in [5, 5.41) is 0.677. The molecular weight excluding hydrogens is 216 g/mol. The van der Waals surface area contributed by atoms with Gasteiger partial charge in [0.25, 0.3) is 0 Å². The zero-order chi connectivity index (χ0) is 11.4. The van der Waals surface area contributed by atoms with E-state index in [2.05, 4.69) is 13.0 Å². The molecule has 0 amide bonds. The molecule has 1 aliphatic heterocycles. The lowest BCUT2D eigenvalue weighted by molar-refractivity contribution is 0.109. The molecule has 1 aromatic carbocycles. The van der Waals surface area contributed by atoms with Crippen molar-refractivity contribution in [2.75, 3.05) is 0 Å². The van der Waals surface area contributed by atoms with Crippen LogP contribution in [0.3, 0.4) is 0 Å². The number of carbonyl (C=O) groups excluding carboxylic acids is 1. The highest BCUT2D eigenvalue weighted by Gasteiger charge is 2.28. The van der Waals surface area contributed by atoms with Crippen LogP contribution in [0.5, 0.6) is 0 Å². The minimum atomic E-state index is 0.260. The van der Waals surface area contributed by atoms with Gasteiger partial charge in [-0.05, 0) is 12.0 Å². The number of hydrogen-bond acceptors (Lipinski definition) is 2. The lowest BCUT2D eigenvalue weighted by atomic mass is 10.0.